The summed E-state index contributed by atoms with van der Waals surface area (Å²) in [5.74, 6) is -0.823. The minimum atomic E-state index is -1.96. The summed E-state index contributed by atoms with van der Waals surface area (Å²) in [7, 11) is 0. The van der Waals surface area contributed by atoms with Gasteiger partial charge in [-0.2, -0.15) is 0 Å². The first-order valence-electron chi connectivity index (χ1n) is 8.46. The fourth-order valence-corrected chi connectivity index (χ4v) is 3.52. The van der Waals surface area contributed by atoms with Gasteiger partial charge in [-0.05, 0) is 28.5 Å². The van der Waals surface area contributed by atoms with Crippen molar-refractivity contribution in [3.8, 4) is 0 Å². The molecule has 4 aromatic rings. The number of benzene rings is 3. The van der Waals surface area contributed by atoms with Crippen molar-refractivity contribution in [2.24, 2.45) is 5.73 Å². The molecule has 0 aliphatic rings. The van der Waals surface area contributed by atoms with Crippen LogP contribution in [0.3, 0.4) is 0 Å². The number of fused-ring (bicyclic) bond motifs is 2. The zero-order chi connectivity index (χ0) is 19.1. The van der Waals surface area contributed by atoms with Crippen LogP contribution in [0.1, 0.15) is 23.1 Å². The van der Waals surface area contributed by atoms with Crippen LogP contribution in [-0.4, -0.2) is 20.6 Å². The number of hydrogen-bond acceptors (Lipinski definition) is 3. The predicted octanol–water partition coefficient (Wildman–Crippen LogP) is 3.25. The number of nitrogens with two attached hydrogens (primary N) is 1. The Labute approximate surface area is 154 Å². The number of hydrogen-bond donors (Lipinski definition) is 4. The third kappa shape index (κ3) is 2.85. The molecule has 0 spiro atoms. The molecule has 1 heterocycles. The molecule has 0 saturated carbocycles. The van der Waals surface area contributed by atoms with E-state index in [9.17, 15) is 14.6 Å². The predicted molar refractivity (Wildman–Crippen MR) is 103 cm³/mol. The van der Waals surface area contributed by atoms with E-state index in [2.05, 4.69) is 0 Å². The molecule has 0 amide bonds. The molecule has 5 nitrogen and oxygen atoms in total. The summed E-state index contributed by atoms with van der Waals surface area (Å²) >= 11 is 0. The van der Waals surface area contributed by atoms with E-state index in [1.54, 1.807) is 12.1 Å². The molecular formula is C21H18FN3O2. The van der Waals surface area contributed by atoms with Gasteiger partial charge >= 0.3 is 0 Å². The first-order valence-corrected chi connectivity index (χ1v) is 8.46. The van der Waals surface area contributed by atoms with Crippen LogP contribution in [0.2, 0.25) is 0 Å². The summed E-state index contributed by atoms with van der Waals surface area (Å²) in [5.41, 5.74) is 7.17. The number of aliphatic hydroxyl groups is 2. The molecule has 0 aliphatic carbocycles. The van der Waals surface area contributed by atoms with E-state index >= 15 is 0 Å². The van der Waals surface area contributed by atoms with Crippen LogP contribution < -0.4 is 5.73 Å². The Bertz CT molecular complexity index is 1180. The Morgan fingerprint density at radius 1 is 1.04 bits per heavy atom. The molecule has 0 saturated heterocycles. The van der Waals surface area contributed by atoms with Crippen molar-refractivity contribution in [2.45, 2.75) is 12.8 Å². The highest BCUT2D eigenvalue weighted by Crippen LogP contribution is 2.31. The SMILES string of the molecule is N=C(N)c1ccc2c(F)c(C(O)O)n(Cc3cccc4ccccc34)c2c1. The summed E-state index contributed by atoms with van der Waals surface area (Å²) in [6.45, 7) is 0.246. The summed E-state index contributed by atoms with van der Waals surface area (Å²) in [6.07, 6.45) is -1.96. The molecule has 0 radical (unpaired) electrons. The Morgan fingerprint density at radius 3 is 2.52 bits per heavy atom. The van der Waals surface area contributed by atoms with Gasteiger partial charge in [0.15, 0.2) is 12.1 Å². The Kier molecular flexibility index (Phi) is 4.14. The van der Waals surface area contributed by atoms with Crippen molar-refractivity contribution in [2.75, 3.05) is 0 Å². The third-order valence-electron chi connectivity index (χ3n) is 4.80. The number of aromatic nitrogens is 1. The van der Waals surface area contributed by atoms with E-state index < -0.39 is 12.1 Å². The maximum Gasteiger partial charge on any atom is 0.197 e. The summed E-state index contributed by atoms with van der Waals surface area (Å²) in [6, 6.07) is 18.3. The zero-order valence-corrected chi connectivity index (χ0v) is 14.4. The van der Waals surface area contributed by atoms with E-state index in [-0.39, 0.29) is 23.5 Å². The average molecular weight is 363 g/mol. The summed E-state index contributed by atoms with van der Waals surface area (Å²) < 4.78 is 16.4. The maximum absolute atomic E-state index is 14.9. The van der Waals surface area contributed by atoms with Crippen molar-refractivity contribution >= 4 is 27.5 Å². The highest BCUT2D eigenvalue weighted by atomic mass is 19.1. The van der Waals surface area contributed by atoms with Gasteiger partial charge in [0.05, 0.1) is 5.52 Å². The molecule has 27 heavy (non-hydrogen) atoms. The summed E-state index contributed by atoms with van der Waals surface area (Å²) in [5, 5.41) is 29.5. The molecule has 5 N–H and O–H groups in total. The number of nitrogens with one attached hydrogen (secondary N) is 1. The fourth-order valence-electron chi connectivity index (χ4n) is 3.52. The van der Waals surface area contributed by atoms with E-state index in [4.69, 9.17) is 11.1 Å². The third-order valence-corrected chi connectivity index (χ3v) is 4.80. The van der Waals surface area contributed by atoms with Crippen molar-refractivity contribution < 1.29 is 14.6 Å². The lowest BCUT2D eigenvalue weighted by molar-refractivity contribution is -0.0503. The van der Waals surface area contributed by atoms with Gasteiger partial charge in [-0.3, -0.25) is 5.41 Å². The van der Waals surface area contributed by atoms with Gasteiger partial charge in [0.25, 0.3) is 0 Å². The van der Waals surface area contributed by atoms with Gasteiger partial charge in [0.1, 0.15) is 11.5 Å². The number of nitrogens with zero attached hydrogens (tertiary/aromatic N) is 1. The molecule has 0 fully saturated rings. The first kappa shape index (κ1) is 17.2. The zero-order valence-electron chi connectivity index (χ0n) is 14.4. The van der Waals surface area contributed by atoms with E-state index in [0.717, 1.165) is 16.3 Å². The number of halogens is 1. The van der Waals surface area contributed by atoms with Crippen LogP contribution in [0.5, 0.6) is 0 Å². The Balaban J connectivity index is 1.97. The lowest BCUT2D eigenvalue weighted by atomic mass is 10.0. The number of aliphatic hydroxyl groups excluding tert-OH is 1. The van der Waals surface area contributed by atoms with E-state index in [1.807, 2.05) is 42.5 Å². The number of nitrogen functional groups attached to an aromatic ring is 1. The minimum Gasteiger partial charge on any atom is -0.384 e. The van der Waals surface area contributed by atoms with Gasteiger partial charge < -0.3 is 20.5 Å². The van der Waals surface area contributed by atoms with Crippen LogP contribution in [0.25, 0.3) is 21.7 Å². The smallest absolute Gasteiger partial charge is 0.197 e. The van der Waals surface area contributed by atoms with Gasteiger partial charge in [-0.1, -0.05) is 48.5 Å². The molecule has 1 aromatic heterocycles. The maximum atomic E-state index is 14.9. The monoisotopic (exact) mass is 363 g/mol. The van der Waals surface area contributed by atoms with Gasteiger partial charge in [-0.25, -0.2) is 4.39 Å². The second-order valence-corrected chi connectivity index (χ2v) is 6.44. The molecule has 3 aromatic carbocycles. The number of amidine groups is 1. The lowest BCUT2D eigenvalue weighted by Crippen LogP contribution is -2.12. The van der Waals surface area contributed by atoms with Crippen molar-refractivity contribution in [1.29, 1.82) is 5.41 Å². The molecule has 0 unspecified atom stereocenters. The fraction of sp³-hybridized carbons (Fsp3) is 0.0952. The van der Waals surface area contributed by atoms with Crippen LogP contribution in [-0.2, 0) is 6.54 Å². The molecule has 4 rings (SSSR count). The summed E-state index contributed by atoms with van der Waals surface area (Å²) in [4.78, 5) is 0. The van der Waals surface area contributed by atoms with Crippen molar-refractivity contribution in [1.82, 2.24) is 4.57 Å². The molecular weight excluding hydrogens is 345 g/mol. The van der Waals surface area contributed by atoms with Gasteiger partial charge in [-0.15, -0.1) is 0 Å². The Hall–Kier alpha value is -3.22. The molecule has 136 valence electrons. The van der Waals surface area contributed by atoms with Crippen molar-refractivity contribution in [3.05, 3.63) is 83.3 Å². The van der Waals surface area contributed by atoms with Crippen LogP contribution in [0, 0.1) is 11.2 Å². The van der Waals surface area contributed by atoms with Gasteiger partial charge in [0.2, 0.25) is 0 Å². The highest BCUT2D eigenvalue weighted by molar-refractivity contribution is 5.99. The molecule has 6 heteroatoms. The quantitative estimate of drug-likeness (QED) is 0.255. The molecule has 0 bridgehead atoms. The van der Waals surface area contributed by atoms with E-state index in [1.165, 1.54) is 10.6 Å². The second-order valence-electron chi connectivity index (χ2n) is 6.44. The lowest BCUT2D eigenvalue weighted by Gasteiger charge is -2.14. The molecule has 0 aliphatic heterocycles. The highest BCUT2D eigenvalue weighted by Gasteiger charge is 2.23. The average Bonchev–Trinajstić information content (AvgIpc) is 2.93. The van der Waals surface area contributed by atoms with Crippen LogP contribution in [0.15, 0.2) is 60.7 Å². The van der Waals surface area contributed by atoms with E-state index in [0.29, 0.717) is 11.1 Å². The normalized spacial score (nSPS) is 11.6. The topological polar surface area (TPSA) is 95.3 Å². The largest absolute Gasteiger partial charge is 0.384 e. The molecule has 0 atom stereocenters. The number of rotatable bonds is 4. The van der Waals surface area contributed by atoms with Crippen LogP contribution in [0.4, 0.5) is 4.39 Å². The standard InChI is InChI=1S/C21H18FN3O2/c22-18-16-9-8-13(20(23)24)10-17(16)25(19(18)21(26)27)11-14-6-3-5-12-4-1-2-7-15(12)14/h1-10,21,26-27H,11H2,(H3,23,24). The van der Waals surface area contributed by atoms with Crippen molar-refractivity contribution in [3.63, 3.8) is 0 Å². The Morgan fingerprint density at radius 2 is 1.78 bits per heavy atom. The van der Waals surface area contributed by atoms with Gasteiger partial charge in [0, 0.05) is 17.5 Å². The van der Waals surface area contributed by atoms with Crippen LogP contribution >= 0.6 is 0 Å². The second kappa shape index (κ2) is 6.50. The first-order chi connectivity index (χ1) is 13.0. The minimum absolute atomic E-state index is 0.138.